The van der Waals surface area contributed by atoms with E-state index in [9.17, 15) is 19.5 Å². The number of carbonyl (C=O) groups excluding carboxylic acids is 2. The Balaban J connectivity index is 2.03. The van der Waals surface area contributed by atoms with Crippen molar-refractivity contribution in [2.75, 3.05) is 13.7 Å². The summed E-state index contributed by atoms with van der Waals surface area (Å²) in [5.41, 5.74) is 2.33. The first-order chi connectivity index (χ1) is 18.4. The normalized spacial score (nSPS) is 12.4. The van der Waals surface area contributed by atoms with Crippen LogP contribution in [0.4, 0.5) is 4.79 Å². The third-order valence-corrected chi connectivity index (χ3v) is 6.08. The number of carboxylic acids is 1. The lowest BCUT2D eigenvalue weighted by Gasteiger charge is -2.41. The Morgan fingerprint density at radius 3 is 1.68 bits per heavy atom. The maximum atomic E-state index is 13.7. The van der Waals surface area contributed by atoms with E-state index in [1.165, 1.54) is 12.1 Å². The first kappa shape index (κ1) is 28.4. The van der Waals surface area contributed by atoms with Gasteiger partial charge in [0.25, 0.3) is 0 Å². The van der Waals surface area contributed by atoms with Gasteiger partial charge in [0.15, 0.2) is 6.04 Å². The fraction of sp³-hybridized carbons (Fsp3) is 0.300. The first-order valence-electron chi connectivity index (χ1n) is 12.6. The lowest BCUT2D eigenvalue weighted by Crippen LogP contribution is -2.61. The number of carbonyl (C=O) groups is 3. The fourth-order valence-corrected chi connectivity index (χ4v) is 4.24. The van der Waals surface area contributed by atoms with Gasteiger partial charge in [-0.15, -0.1) is 0 Å². The van der Waals surface area contributed by atoms with E-state index in [1.807, 2.05) is 85.8 Å². The van der Waals surface area contributed by atoms with Crippen LogP contribution in [0.5, 0.6) is 0 Å². The van der Waals surface area contributed by atoms with Gasteiger partial charge in [-0.25, -0.2) is 19.6 Å². The van der Waals surface area contributed by atoms with Gasteiger partial charge in [-0.1, -0.05) is 97.9 Å². The summed E-state index contributed by atoms with van der Waals surface area (Å²) in [5, 5.41) is 12.9. The average Bonchev–Trinajstić information content (AvgIpc) is 2.95. The van der Waals surface area contributed by atoms with Gasteiger partial charge in [0.2, 0.25) is 0 Å². The molecule has 0 radical (unpaired) electrons. The number of amides is 1. The molecule has 0 aromatic heterocycles. The molecule has 0 saturated heterocycles. The van der Waals surface area contributed by atoms with Crippen LogP contribution < -0.4 is 0 Å². The van der Waals surface area contributed by atoms with Crippen LogP contribution in [0.3, 0.4) is 0 Å². The van der Waals surface area contributed by atoms with Gasteiger partial charge in [-0.05, 0) is 23.1 Å². The number of hydrogen-bond acceptors (Lipinski definition) is 6. The number of hydrogen-bond donors (Lipinski definition) is 1. The Kier molecular flexibility index (Phi) is 10.9. The highest BCUT2D eigenvalue weighted by molar-refractivity contribution is 5.81. The molecule has 8 heteroatoms. The number of hydrazine groups is 1. The van der Waals surface area contributed by atoms with Crippen LogP contribution in [0.2, 0.25) is 0 Å². The van der Waals surface area contributed by atoms with Gasteiger partial charge in [0.05, 0.1) is 7.11 Å². The second kappa shape index (κ2) is 14.5. The van der Waals surface area contributed by atoms with Gasteiger partial charge in [-0.2, -0.15) is 0 Å². The standard InChI is InChI=1S/C30H34N2O6/c1-3-19-31(27(29(35)37-2)21-24-15-9-5-10-16-24)32(30(36)38-22-25-17-11-6-12-18-25)26(28(33)34)20-23-13-7-4-8-14-23/h4-18,26-27H,3,19-22H2,1-2H3,(H,33,34)/t26-,27-/m0/s1. The van der Waals surface area contributed by atoms with Crippen molar-refractivity contribution in [2.24, 2.45) is 0 Å². The lowest BCUT2D eigenvalue weighted by molar-refractivity contribution is -0.166. The topological polar surface area (TPSA) is 96.4 Å². The van der Waals surface area contributed by atoms with Crippen molar-refractivity contribution in [3.05, 3.63) is 108 Å². The predicted molar refractivity (Wildman–Crippen MR) is 143 cm³/mol. The minimum atomic E-state index is -1.32. The molecule has 0 fully saturated rings. The Labute approximate surface area is 223 Å². The smallest absolute Gasteiger partial charge is 0.425 e. The van der Waals surface area contributed by atoms with Crippen LogP contribution in [-0.4, -0.2) is 58.9 Å². The van der Waals surface area contributed by atoms with Gasteiger partial charge in [-0.3, -0.25) is 4.79 Å². The summed E-state index contributed by atoms with van der Waals surface area (Å²) in [6, 6.07) is 25.2. The maximum Gasteiger partial charge on any atom is 0.425 e. The summed E-state index contributed by atoms with van der Waals surface area (Å²) in [6.07, 6.45) is -0.0702. The summed E-state index contributed by atoms with van der Waals surface area (Å²) >= 11 is 0. The summed E-state index contributed by atoms with van der Waals surface area (Å²) in [5.74, 6) is -1.79. The molecule has 0 aliphatic rings. The predicted octanol–water partition coefficient (Wildman–Crippen LogP) is 4.73. The molecule has 8 nitrogen and oxygen atoms in total. The first-order valence-corrected chi connectivity index (χ1v) is 12.6. The lowest BCUT2D eigenvalue weighted by atomic mass is 10.0. The number of nitrogens with zero attached hydrogens (tertiary/aromatic N) is 2. The van der Waals surface area contributed by atoms with Crippen molar-refractivity contribution >= 4 is 18.0 Å². The van der Waals surface area contributed by atoms with Gasteiger partial charge >= 0.3 is 18.0 Å². The minimum absolute atomic E-state index is 0.0239. The molecule has 0 aliphatic heterocycles. The molecule has 0 spiro atoms. The number of rotatable bonds is 13. The molecule has 0 bridgehead atoms. The minimum Gasteiger partial charge on any atom is -0.480 e. The number of methoxy groups -OCH3 is 1. The molecule has 200 valence electrons. The fourth-order valence-electron chi connectivity index (χ4n) is 4.24. The van der Waals surface area contributed by atoms with Crippen molar-refractivity contribution in [1.29, 1.82) is 0 Å². The van der Waals surface area contributed by atoms with Crippen LogP contribution in [0.1, 0.15) is 30.0 Å². The van der Waals surface area contributed by atoms with Crippen molar-refractivity contribution in [2.45, 2.75) is 44.9 Å². The Morgan fingerprint density at radius 1 is 0.763 bits per heavy atom. The van der Waals surface area contributed by atoms with E-state index in [0.29, 0.717) is 6.42 Å². The molecule has 0 unspecified atom stereocenters. The van der Waals surface area contributed by atoms with E-state index in [-0.39, 0.29) is 26.0 Å². The number of esters is 1. The molecular weight excluding hydrogens is 484 g/mol. The Bertz CT molecular complexity index is 1160. The highest BCUT2D eigenvalue weighted by Gasteiger charge is 2.41. The third kappa shape index (κ3) is 7.91. The van der Waals surface area contributed by atoms with E-state index in [4.69, 9.17) is 9.47 Å². The molecule has 0 aliphatic carbocycles. The molecule has 0 heterocycles. The van der Waals surface area contributed by atoms with E-state index in [0.717, 1.165) is 21.7 Å². The van der Waals surface area contributed by atoms with Crippen molar-refractivity contribution in [3.63, 3.8) is 0 Å². The molecule has 3 rings (SSSR count). The van der Waals surface area contributed by atoms with Crippen LogP contribution in [0.25, 0.3) is 0 Å². The molecule has 3 aromatic carbocycles. The summed E-state index contributed by atoms with van der Waals surface area (Å²) < 4.78 is 10.8. The zero-order chi connectivity index (χ0) is 27.3. The zero-order valence-corrected chi connectivity index (χ0v) is 21.7. The van der Waals surface area contributed by atoms with Crippen LogP contribution >= 0.6 is 0 Å². The zero-order valence-electron chi connectivity index (χ0n) is 21.7. The van der Waals surface area contributed by atoms with Crippen LogP contribution in [-0.2, 0) is 38.5 Å². The van der Waals surface area contributed by atoms with Crippen molar-refractivity contribution in [3.8, 4) is 0 Å². The second-order valence-electron chi connectivity index (χ2n) is 8.82. The van der Waals surface area contributed by atoms with E-state index in [1.54, 1.807) is 12.1 Å². The number of benzene rings is 3. The summed E-state index contributed by atoms with van der Waals surface area (Å²) in [6.45, 7) is 2.07. The summed E-state index contributed by atoms with van der Waals surface area (Å²) in [4.78, 5) is 39.4. The average molecular weight is 519 g/mol. The molecule has 3 aromatic rings. The van der Waals surface area contributed by atoms with E-state index in [2.05, 4.69) is 0 Å². The molecule has 38 heavy (non-hydrogen) atoms. The summed E-state index contributed by atoms with van der Waals surface area (Å²) in [7, 11) is 1.28. The van der Waals surface area contributed by atoms with Crippen molar-refractivity contribution < 1.29 is 29.0 Å². The Hall–Kier alpha value is -4.17. The molecule has 1 N–H and O–H groups in total. The highest BCUT2D eigenvalue weighted by Crippen LogP contribution is 2.21. The van der Waals surface area contributed by atoms with E-state index < -0.39 is 30.1 Å². The SMILES string of the molecule is CCCN([C@@H](Cc1ccccc1)C(=O)OC)N(C(=O)OCc1ccccc1)[C@@H](Cc1ccccc1)C(=O)O. The largest absolute Gasteiger partial charge is 0.480 e. The van der Waals surface area contributed by atoms with E-state index >= 15 is 0 Å². The quantitative estimate of drug-likeness (QED) is 0.258. The van der Waals surface area contributed by atoms with Gasteiger partial charge in [0.1, 0.15) is 12.6 Å². The molecule has 0 saturated carbocycles. The van der Waals surface area contributed by atoms with Gasteiger partial charge in [0, 0.05) is 19.4 Å². The second-order valence-corrected chi connectivity index (χ2v) is 8.82. The third-order valence-electron chi connectivity index (χ3n) is 6.08. The highest BCUT2D eigenvalue weighted by atomic mass is 16.6. The molecule has 2 atom stereocenters. The van der Waals surface area contributed by atoms with Crippen molar-refractivity contribution in [1.82, 2.24) is 10.0 Å². The van der Waals surface area contributed by atoms with Crippen LogP contribution in [0, 0.1) is 0 Å². The number of aliphatic carboxylic acids is 1. The monoisotopic (exact) mass is 518 g/mol. The number of ether oxygens (including phenoxy) is 2. The molecule has 1 amide bonds. The van der Waals surface area contributed by atoms with Gasteiger partial charge < -0.3 is 14.6 Å². The van der Waals surface area contributed by atoms with Crippen LogP contribution in [0.15, 0.2) is 91.0 Å². The maximum absolute atomic E-state index is 13.7. The number of carboxylic acid groups (broad SMARTS) is 1. The Morgan fingerprint density at radius 2 is 1.24 bits per heavy atom. The molecular formula is C30H34N2O6.